The highest BCUT2D eigenvalue weighted by atomic mass is 16.4. The average molecular weight is 258 g/mol. The zero-order valence-electron chi connectivity index (χ0n) is 10.3. The Bertz CT molecular complexity index is 662. The van der Waals surface area contributed by atoms with Gasteiger partial charge >= 0.3 is 11.7 Å². The van der Waals surface area contributed by atoms with E-state index in [-0.39, 0.29) is 17.5 Å². The summed E-state index contributed by atoms with van der Waals surface area (Å²) in [6.45, 7) is 0. The molecule has 0 saturated heterocycles. The van der Waals surface area contributed by atoms with Gasteiger partial charge in [0.15, 0.2) is 0 Å². The third-order valence-corrected chi connectivity index (χ3v) is 3.75. The number of benzene rings is 1. The lowest BCUT2D eigenvalue weighted by atomic mass is 9.92. The van der Waals surface area contributed by atoms with Gasteiger partial charge in [0.05, 0.1) is 12.1 Å². The highest BCUT2D eigenvalue weighted by Gasteiger charge is 2.45. The number of hydrogen-bond acceptors (Lipinski definition) is 2. The van der Waals surface area contributed by atoms with E-state index in [1.807, 2.05) is 24.3 Å². The molecule has 1 heterocycles. The Morgan fingerprint density at radius 1 is 1.32 bits per heavy atom. The van der Waals surface area contributed by atoms with E-state index in [0.717, 1.165) is 24.1 Å². The van der Waals surface area contributed by atoms with Crippen molar-refractivity contribution in [3.8, 4) is 5.69 Å². The van der Waals surface area contributed by atoms with Crippen LogP contribution in [0.1, 0.15) is 24.8 Å². The molecule has 19 heavy (non-hydrogen) atoms. The smallest absolute Gasteiger partial charge is 0.330 e. The van der Waals surface area contributed by atoms with Crippen molar-refractivity contribution in [2.45, 2.75) is 24.7 Å². The van der Waals surface area contributed by atoms with Crippen LogP contribution in [0, 0.1) is 0 Å². The van der Waals surface area contributed by atoms with Crippen molar-refractivity contribution in [2.24, 2.45) is 0 Å². The quantitative estimate of drug-likeness (QED) is 0.876. The lowest BCUT2D eigenvalue weighted by Gasteiger charge is -2.13. The van der Waals surface area contributed by atoms with Gasteiger partial charge in [0.2, 0.25) is 0 Å². The van der Waals surface area contributed by atoms with Crippen LogP contribution in [0.4, 0.5) is 0 Å². The summed E-state index contributed by atoms with van der Waals surface area (Å²) in [5.74, 6) is -0.761. The molecular weight excluding hydrogens is 244 g/mol. The van der Waals surface area contributed by atoms with Crippen LogP contribution in [-0.4, -0.2) is 20.6 Å². The van der Waals surface area contributed by atoms with E-state index in [2.05, 4.69) is 4.98 Å². The molecule has 3 rings (SSSR count). The zero-order valence-corrected chi connectivity index (χ0v) is 10.3. The number of imidazole rings is 1. The maximum Gasteiger partial charge on any atom is 0.330 e. The number of carbonyl (C=O) groups is 1. The molecule has 98 valence electrons. The van der Waals surface area contributed by atoms with Gasteiger partial charge in [0.1, 0.15) is 0 Å². The molecular formula is C14H14N2O3. The number of H-pyrrole nitrogens is 1. The molecule has 0 atom stereocenters. The number of nitrogens with zero attached hydrogens (tertiary/aromatic N) is 1. The molecule has 1 aliphatic rings. The van der Waals surface area contributed by atoms with E-state index in [9.17, 15) is 9.59 Å². The summed E-state index contributed by atoms with van der Waals surface area (Å²) in [5.41, 5.74) is 1.45. The number of aliphatic carboxylic acids is 1. The van der Waals surface area contributed by atoms with Crippen LogP contribution >= 0.6 is 0 Å². The SMILES string of the molecule is O=C(O)CC1(c2ccc(-n3cc[nH]c3=O)cc2)CC1. The van der Waals surface area contributed by atoms with Gasteiger partial charge in [-0.2, -0.15) is 0 Å². The fourth-order valence-electron chi connectivity index (χ4n) is 2.51. The van der Waals surface area contributed by atoms with E-state index < -0.39 is 5.97 Å². The lowest BCUT2D eigenvalue weighted by Crippen LogP contribution is -2.15. The predicted molar refractivity (Wildman–Crippen MR) is 69.6 cm³/mol. The third-order valence-electron chi connectivity index (χ3n) is 3.75. The summed E-state index contributed by atoms with van der Waals surface area (Å²) in [6.07, 6.45) is 5.27. The number of carboxylic acids is 1. The molecule has 5 nitrogen and oxygen atoms in total. The first kappa shape index (κ1) is 11.8. The number of hydrogen-bond donors (Lipinski definition) is 2. The Morgan fingerprint density at radius 3 is 2.47 bits per heavy atom. The van der Waals surface area contributed by atoms with Gasteiger partial charge in [0, 0.05) is 17.8 Å². The van der Waals surface area contributed by atoms with Crippen molar-refractivity contribution in [2.75, 3.05) is 0 Å². The Balaban J connectivity index is 1.90. The lowest BCUT2D eigenvalue weighted by molar-refractivity contribution is -0.137. The zero-order chi connectivity index (χ0) is 13.5. The second kappa shape index (κ2) is 4.12. The van der Waals surface area contributed by atoms with Gasteiger partial charge in [0.25, 0.3) is 0 Å². The summed E-state index contributed by atoms with van der Waals surface area (Å²) in [4.78, 5) is 24.9. The second-order valence-corrected chi connectivity index (χ2v) is 5.03. The molecule has 2 N–H and O–H groups in total. The van der Waals surface area contributed by atoms with Gasteiger partial charge in [-0.3, -0.25) is 9.36 Å². The molecule has 0 aliphatic heterocycles. The van der Waals surface area contributed by atoms with Crippen molar-refractivity contribution in [1.29, 1.82) is 0 Å². The minimum Gasteiger partial charge on any atom is -0.481 e. The average Bonchev–Trinajstić information content (AvgIpc) is 3.02. The first-order valence-electron chi connectivity index (χ1n) is 6.19. The van der Waals surface area contributed by atoms with Crippen molar-refractivity contribution in [3.05, 3.63) is 52.7 Å². The maximum absolute atomic E-state index is 11.5. The summed E-state index contributed by atoms with van der Waals surface area (Å²) in [5, 5.41) is 8.94. The minimum atomic E-state index is -0.761. The van der Waals surface area contributed by atoms with E-state index in [0.29, 0.717) is 0 Å². The highest BCUT2D eigenvalue weighted by molar-refractivity contribution is 5.70. The highest BCUT2D eigenvalue weighted by Crippen LogP contribution is 2.51. The standard InChI is InChI=1S/C14H14N2O3/c17-12(18)9-14(5-6-14)10-1-3-11(4-2-10)16-8-7-15-13(16)19/h1-4,7-8H,5-6,9H2,(H,15,19)(H,17,18). The molecule has 0 radical (unpaired) electrons. The summed E-state index contributed by atoms with van der Waals surface area (Å²) in [7, 11) is 0. The van der Waals surface area contributed by atoms with Gasteiger partial charge in [-0.25, -0.2) is 4.79 Å². The maximum atomic E-state index is 11.5. The summed E-state index contributed by atoms with van der Waals surface area (Å²) in [6, 6.07) is 7.55. The fourth-order valence-corrected chi connectivity index (χ4v) is 2.51. The molecule has 1 saturated carbocycles. The fraction of sp³-hybridized carbons (Fsp3) is 0.286. The van der Waals surface area contributed by atoms with Crippen molar-refractivity contribution in [3.63, 3.8) is 0 Å². The van der Waals surface area contributed by atoms with Crippen molar-refractivity contribution >= 4 is 5.97 Å². The minimum absolute atomic E-state index is 0.177. The Morgan fingerprint density at radius 2 is 2.00 bits per heavy atom. The normalized spacial score (nSPS) is 16.2. The summed E-state index contributed by atoms with van der Waals surface area (Å²) < 4.78 is 1.51. The molecule has 1 aliphatic carbocycles. The van der Waals surface area contributed by atoms with Gasteiger partial charge < -0.3 is 10.1 Å². The van der Waals surface area contributed by atoms with Crippen LogP contribution in [0.25, 0.3) is 5.69 Å². The molecule has 0 unspecified atom stereocenters. The molecule has 1 aromatic carbocycles. The van der Waals surface area contributed by atoms with Gasteiger partial charge in [-0.05, 0) is 30.5 Å². The Hall–Kier alpha value is -2.30. The van der Waals surface area contributed by atoms with E-state index in [1.165, 1.54) is 4.57 Å². The Labute approximate surface area is 109 Å². The molecule has 0 spiro atoms. The second-order valence-electron chi connectivity index (χ2n) is 5.03. The van der Waals surface area contributed by atoms with E-state index in [1.54, 1.807) is 12.4 Å². The third kappa shape index (κ3) is 2.07. The van der Waals surface area contributed by atoms with Crippen LogP contribution in [0.15, 0.2) is 41.5 Å². The van der Waals surface area contributed by atoms with Crippen molar-refractivity contribution < 1.29 is 9.90 Å². The molecule has 2 aromatic rings. The monoisotopic (exact) mass is 258 g/mol. The van der Waals surface area contributed by atoms with Gasteiger partial charge in [-0.15, -0.1) is 0 Å². The first-order chi connectivity index (χ1) is 9.11. The van der Waals surface area contributed by atoms with Gasteiger partial charge in [-0.1, -0.05) is 12.1 Å². The van der Waals surface area contributed by atoms with Crippen molar-refractivity contribution in [1.82, 2.24) is 9.55 Å². The topological polar surface area (TPSA) is 75.1 Å². The number of carboxylic acid groups (broad SMARTS) is 1. The summed E-state index contributed by atoms with van der Waals surface area (Å²) >= 11 is 0. The largest absolute Gasteiger partial charge is 0.481 e. The predicted octanol–water partition coefficient (Wildman–Crippen LogP) is 1.67. The number of nitrogens with one attached hydrogen (secondary N) is 1. The number of rotatable bonds is 4. The molecule has 1 fully saturated rings. The number of aromatic nitrogens is 2. The van der Waals surface area contributed by atoms with Crippen LogP contribution < -0.4 is 5.69 Å². The molecule has 5 heteroatoms. The molecule has 1 aromatic heterocycles. The van der Waals surface area contributed by atoms with E-state index in [4.69, 9.17) is 5.11 Å². The molecule has 0 amide bonds. The van der Waals surface area contributed by atoms with Crippen LogP contribution in [0.3, 0.4) is 0 Å². The number of aromatic amines is 1. The first-order valence-corrected chi connectivity index (χ1v) is 6.19. The molecule has 0 bridgehead atoms. The van der Waals surface area contributed by atoms with Crippen LogP contribution in [0.2, 0.25) is 0 Å². The Kier molecular flexibility index (Phi) is 2.55. The van der Waals surface area contributed by atoms with Crippen LogP contribution in [0.5, 0.6) is 0 Å². The van der Waals surface area contributed by atoms with Crippen LogP contribution in [-0.2, 0) is 10.2 Å². The van der Waals surface area contributed by atoms with E-state index >= 15 is 0 Å².